The molecule has 0 saturated carbocycles. The highest BCUT2D eigenvalue weighted by atomic mass is 19.4. The molecule has 0 fully saturated rings. The number of aromatic nitrogens is 3. The molecule has 1 heterocycles. The number of nitrogens with zero attached hydrogens (tertiary/aromatic N) is 4. The van der Waals surface area contributed by atoms with Crippen LogP contribution in [0.2, 0.25) is 0 Å². The smallest absolute Gasteiger partial charge is 0.274 e. The van der Waals surface area contributed by atoms with E-state index in [9.17, 15) is 22.4 Å². The minimum absolute atomic E-state index is 0.262. The highest BCUT2D eigenvalue weighted by Gasteiger charge is 2.38. The van der Waals surface area contributed by atoms with Crippen LogP contribution < -0.4 is 5.69 Å². The molecule has 104 valence electrons. The first kappa shape index (κ1) is 13.8. The number of nitriles is 1. The predicted molar refractivity (Wildman–Crippen MR) is 58.5 cm³/mol. The van der Waals surface area contributed by atoms with Crippen molar-refractivity contribution in [1.82, 2.24) is 14.3 Å². The van der Waals surface area contributed by atoms with E-state index in [1.54, 1.807) is 0 Å². The molecule has 20 heavy (non-hydrogen) atoms. The van der Waals surface area contributed by atoms with Gasteiger partial charge in [0, 0.05) is 7.05 Å². The van der Waals surface area contributed by atoms with E-state index in [4.69, 9.17) is 5.26 Å². The van der Waals surface area contributed by atoms with Gasteiger partial charge >= 0.3 is 11.9 Å². The lowest BCUT2D eigenvalue weighted by atomic mass is 10.2. The maximum absolute atomic E-state index is 13.9. The fourth-order valence-corrected chi connectivity index (χ4v) is 1.61. The van der Waals surface area contributed by atoms with Crippen LogP contribution in [-0.4, -0.2) is 14.3 Å². The van der Waals surface area contributed by atoms with Crippen LogP contribution in [0.5, 0.6) is 0 Å². The lowest BCUT2D eigenvalue weighted by Gasteiger charge is -2.03. The molecule has 0 unspecified atom stereocenters. The van der Waals surface area contributed by atoms with Crippen LogP contribution in [0.25, 0.3) is 5.69 Å². The van der Waals surface area contributed by atoms with Gasteiger partial charge in [-0.25, -0.2) is 9.18 Å². The minimum atomic E-state index is -4.84. The van der Waals surface area contributed by atoms with Gasteiger partial charge in [0.1, 0.15) is 11.8 Å². The zero-order chi connectivity index (χ0) is 15.1. The van der Waals surface area contributed by atoms with E-state index in [0.717, 1.165) is 19.2 Å². The van der Waals surface area contributed by atoms with E-state index >= 15 is 0 Å². The Bertz CT molecular complexity index is 766. The Morgan fingerprint density at radius 2 is 2.00 bits per heavy atom. The summed E-state index contributed by atoms with van der Waals surface area (Å²) in [6.07, 6.45) is -4.84. The maximum Gasteiger partial charge on any atom is 0.451 e. The normalized spacial score (nSPS) is 11.4. The topological polar surface area (TPSA) is 63.6 Å². The molecular weight excluding hydrogens is 280 g/mol. The van der Waals surface area contributed by atoms with E-state index in [0.29, 0.717) is 0 Å². The van der Waals surface area contributed by atoms with Crippen molar-refractivity contribution in [3.05, 3.63) is 45.9 Å². The van der Waals surface area contributed by atoms with Crippen LogP contribution in [0.1, 0.15) is 11.4 Å². The van der Waals surface area contributed by atoms with Gasteiger partial charge < -0.3 is 0 Å². The molecule has 5 nitrogen and oxygen atoms in total. The summed E-state index contributed by atoms with van der Waals surface area (Å²) in [6, 6.07) is 4.97. The standard InChI is InChI=1S/C11H6F4N4O/c1-18-9(11(13,14)15)17-19(10(18)20)7-4-2-3-6(5-16)8(7)12/h2-4H,1H3. The number of benzene rings is 1. The van der Waals surface area contributed by atoms with Crippen molar-refractivity contribution >= 4 is 0 Å². The van der Waals surface area contributed by atoms with E-state index < -0.39 is 34.8 Å². The highest BCUT2D eigenvalue weighted by molar-refractivity contribution is 5.42. The lowest BCUT2D eigenvalue weighted by Crippen LogP contribution is -2.24. The Balaban J connectivity index is 2.74. The molecule has 9 heteroatoms. The van der Waals surface area contributed by atoms with Crippen LogP contribution >= 0.6 is 0 Å². The summed E-state index contributed by atoms with van der Waals surface area (Å²) in [4.78, 5) is 11.7. The third kappa shape index (κ3) is 2.05. The van der Waals surface area contributed by atoms with Gasteiger partial charge in [-0.3, -0.25) is 4.57 Å². The second kappa shape index (κ2) is 4.48. The fourth-order valence-electron chi connectivity index (χ4n) is 1.61. The first-order chi connectivity index (χ1) is 9.27. The molecule has 0 aliphatic rings. The summed E-state index contributed by atoms with van der Waals surface area (Å²) in [7, 11) is 0.876. The monoisotopic (exact) mass is 286 g/mol. The van der Waals surface area contributed by atoms with Crippen LogP contribution in [0.4, 0.5) is 17.6 Å². The van der Waals surface area contributed by atoms with Crippen molar-refractivity contribution in [1.29, 1.82) is 5.26 Å². The molecule has 0 bridgehead atoms. The summed E-state index contributed by atoms with van der Waals surface area (Å²) in [5.41, 5.74) is -2.07. The average molecular weight is 286 g/mol. The summed E-state index contributed by atoms with van der Waals surface area (Å²) in [6.45, 7) is 0. The van der Waals surface area contributed by atoms with Crippen molar-refractivity contribution in [2.75, 3.05) is 0 Å². The molecule has 2 rings (SSSR count). The Morgan fingerprint density at radius 1 is 1.35 bits per heavy atom. The second-order valence-electron chi connectivity index (χ2n) is 3.83. The SMILES string of the molecule is Cn1c(C(F)(F)F)nn(-c2cccc(C#N)c2F)c1=O. The van der Waals surface area contributed by atoms with Crippen molar-refractivity contribution < 1.29 is 17.6 Å². The first-order valence-corrected chi connectivity index (χ1v) is 5.19. The van der Waals surface area contributed by atoms with Crippen molar-refractivity contribution in [2.45, 2.75) is 6.18 Å². The van der Waals surface area contributed by atoms with Gasteiger partial charge in [-0.2, -0.15) is 23.1 Å². The van der Waals surface area contributed by atoms with Gasteiger partial charge in [-0.15, -0.1) is 5.10 Å². The van der Waals surface area contributed by atoms with Crippen molar-refractivity contribution in [3.63, 3.8) is 0 Å². The summed E-state index contributed by atoms with van der Waals surface area (Å²) < 4.78 is 52.3. The Hall–Kier alpha value is -2.63. The summed E-state index contributed by atoms with van der Waals surface area (Å²) in [5.74, 6) is -2.56. The first-order valence-electron chi connectivity index (χ1n) is 5.19. The average Bonchev–Trinajstić information content (AvgIpc) is 2.67. The van der Waals surface area contributed by atoms with Gasteiger partial charge in [-0.1, -0.05) is 6.07 Å². The summed E-state index contributed by atoms with van der Waals surface area (Å²) >= 11 is 0. The number of hydrogen-bond acceptors (Lipinski definition) is 3. The van der Waals surface area contributed by atoms with Crippen LogP contribution in [0, 0.1) is 17.1 Å². The molecule has 0 radical (unpaired) electrons. The van der Waals surface area contributed by atoms with Gasteiger partial charge in [0.05, 0.1) is 5.56 Å². The number of halogens is 4. The second-order valence-corrected chi connectivity index (χ2v) is 3.83. The molecule has 0 aliphatic heterocycles. The number of alkyl halides is 3. The molecule has 2 aromatic rings. The maximum atomic E-state index is 13.9. The Morgan fingerprint density at radius 3 is 2.50 bits per heavy atom. The molecular formula is C11H6F4N4O. The van der Waals surface area contributed by atoms with E-state index in [-0.39, 0.29) is 9.25 Å². The quantitative estimate of drug-likeness (QED) is 0.748. The summed E-state index contributed by atoms with van der Waals surface area (Å²) in [5, 5.41) is 11.7. The third-order valence-electron chi connectivity index (χ3n) is 2.56. The molecule has 0 amide bonds. The van der Waals surface area contributed by atoms with Crippen molar-refractivity contribution in [3.8, 4) is 11.8 Å². The lowest BCUT2D eigenvalue weighted by molar-refractivity contribution is -0.147. The van der Waals surface area contributed by atoms with Gasteiger partial charge in [-0.05, 0) is 12.1 Å². The molecule has 1 aromatic heterocycles. The molecule has 0 atom stereocenters. The Kier molecular flexibility index (Phi) is 3.09. The highest BCUT2D eigenvalue weighted by Crippen LogP contribution is 2.26. The molecule has 0 saturated heterocycles. The van der Waals surface area contributed by atoms with E-state index in [2.05, 4.69) is 5.10 Å². The fraction of sp³-hybridized carbons (Fsp3) is 0.182. The molecule has 0 aliphatic carbocycles. The molecule has 1 aromatic carbocycles. The predicted octanol–water partition coefficient (Wildman–Crippen LogP) is 1.60. The number of rotatable bonds is 1. The Labute approximate surface area is 109 Å². The number of hydrogen-bond donors (Lipinski definition) is 0. The van der Waals surface area contributed by atoms with Crippen LogP contribution in [0.3, 0.4) is 0 Å². The van der Waals surface area contributed by atoms with Crippen LogP contribution in [-0.2, 0) is 13.2 Å². The zero-order valence-corrected chi connectivity index (χ0v) is 9.94. The largest absolute Gasteiger partial charge is 0.451 e. The van der Waals surface area contributed by atoms with E-state index in [1.807, 2.05) is 0 Å². The van der Waals surface area contributed by atoms with Crippen LogP contribution in [0.15, 0.2) is 23.0 Å². The molecule has 0 N–H and O–H groups in total. The minimum Gasteiger partial charge on any atom is -0.274 e. The van der Waals surface area contributed by atoms with Gasteiger partial charge in [0.2, 0.25) is 5.82 Å². The van der Waals surface area contributed by atoms with E-state index in [1.165, 1.54) is 12.1 Å². The third-order valence-corrected chi connectivity index (χ3v) is 2.56. The van der Waals surface area contributed by atoms with Gasteiger partial charge in [0.15, 0.2) is 5.82 Å². The van der Waals surface area contributed by atoms with Crippen molar-refractivity contribution in [2.24, 2.45) is 7.05 Å². The van der Waals surface area contributed by atoms with Gasteiger partial charge in [0.25, 0.3) is 0 Å². The molecule has 0 spiro atoms. The zero-order valence-electron chi connectivity index (χ0n) is 9.94.